The second-order valence-electron chi connectivity index (χ2n) is 4.06. The first-order chi connectivity index (χ1) is 8.66. The zero-order valence-corrected chi connectivity index (χ0v) is 11.7. The van der Waals surface area contributed by atoms with Gasteiger partial charge < -0.3 is 10.6 Å². The molecule has 2 aromatic heterocycles. The van der Waals surface area contributed by atoms with E-state index in [9.17, 15) is 4.79 Å². The Morgan fingerprint density at radius 3 is 3.00 bits per heavy atom. The van der Waals surface area contributed by atoms with E-state index in [2.05, 4.69) is 4.98 Å². The minimum atomic E-state index is -0.482. The first kappa shape index (κ1) is 13.2. The van der Waals surface area contributed by atoms with E-state index in [4.69, 9.17) is 5.73 Å². The summed E-state index contributed by atoms with van der Waals surface area (Å²) in [5, 5.41) is 6.84. The van der Waals surface area contributed by atoms with Crippen LogP contribution in [0.1, 0.15) is 10.6 Å². The van der Waals surface area contributed by atoms with Crippen molar-refractivity contribution in [2.75, 3.05) is 7.05 Å². The second kappa shape index (κ2) is 6.08. The van der Waals surface area contributed by atoms with Gasteiger partial charge in [-0.25, -0.2) is 4.98 Å². The normalized spacial score (nSPS) is 12.3. The van der Waals surface area contributed by atoms with Crippen LogP contribution < -0.4 is 5.73 Å². The van der Waals surface area contributed by atoms with E-state index in [0.717, 1.165) is 10.6 Å². The molecule has 0 saturated carbocycles. The maximum Gasteiger partial charge on any atom is 0.239 e. The van der Waals surface area contributed by atoms with Crippen molar-refractivity contribution in [2.24, 2.45) is 5.73 Å². The number of carbonyl (C=O) groups excluding carboxylic acids is 1. The van der Waals surface area contributed by atoms with Crippen molar-refractivity contribution in [1.29, 1.82) is 0 Å². The van der Waals surface area contributed by atoms with E-state index in [1.807, 2.05) is 22.2 Å². The lowest BCUT2D eigenvalue weighted by molar-refractivity contribution is -0.131. The molecule has 6 heteroatoms. The number of aromatic nitrogens is 1. The summed E-state index contributed by atoms with van der Waals surface area (Å²) < 4.78 is 0. The van der Waals surface area contributed by atoms with Crippen LogP contribution in [0.2, 0.25) is 0 Å². The lowest BCUT2D eigenvalue weighted by Crippen LogP contribution is -2.42. The molecule has 2 aromatic rings. The van der Waals surface area contributed by atoms with E-state index in [0.29, 0.717) is 13.0 Å². The summed E-state index contributed by atoms with van der Waals surface area (Å²) in [5.41, 5.74) is 7.05. The Hall–Kier alpha value is -1.24. The lowest BCUT2D eigenvalue weighted by Gasteiger charge is -2.20. The number of hydrogen-bond donors (Lipinski definition) is 1. The van der Waals surface area contributed by atoms with E-state index in [1.165, 1.54) is 0 Å². The number of rotatable bonds is 5. The third-order valence-electron chi connectivity index (χ3n) is 2.59. The molecule has 0 spiro atoms. The summed E-state index contributed by atoms with van der Waals surface area (Å²) in [7, 11) is 1.76. The number of thiazole rings is 1. The van der Waals surface area contributed by atoms with E-state index in [1.54, 1.807) is 40.8 Å². The first-order valence-corrected chi connectivity index (χ1v) is 7.39. The Kier molecular flexibility index (Phi) is 4.46. The Bertz CT molecular complexity index is 437. The van der Waals surface area contributed by atoms with Crippen LogP contribution in [0.4, 0.5) is 0 Å². The molecular weight excluding hydrogens is 266 g/mol. The van der Waals surface area contributed by atoms with Crippen molar-refractivity contribution in [3.05, 3.63) is 39.0 Å². The van der Waals surface area contributed by atoms with Gasteiger partial charge in [0.1, 0.15) is 5.01 Å². The molecule has 0 aromatic carbocycles. The average molecular weight is 281 g/mol. The van der Waals surface area contributed by atoms with Gasteiger partial charge in [-0.3, -0.25) is 4.79 Å². The predicted octanol–water partition coefficient (Wildman–Crippen LogP) is 1.73. The first-order valence-electron chi connectivity index (χ1n) is 5.57. The summed E-state index contributed by atoms with van der Waals surface area (Å²) in [5.74, 6) is -0.0450. The monoisotopic (exact) mass is 281 g/mol. The van der Waals surface area contributed by atoms with Gasteiger partial charge in [-0.1, -0.05) is 0 Å². The Labute approximate surface area is 114 Å². The SMILES string of the molecule is CN(Cc1nccs1)C(=O)C(N)Cc1ccsc1. The molecule has 2 N–H and O–H groups in total. The number of carbonyl (C=O) groups is 1. The molecule has 96 valence electrons. The van der Waals surface area contributed by atoms with Gasteiger partial charge in [0, 0.05) is 18.6 Å². The highest BCUT2D eigenvalue weighted by Crippen LogP contribution is 2.11. The summed E-state index contributed by atoms with van der Waals surface area (Å²) in [6.07, 6.45) is 2.33. The van der Waals surface area contributed by atoms with E-state index < -0.39 is 6.04 Å². The number of nitrogens with two attached hydrogens (primary N) is 1. The molecule has 0 saturated heterocycles. The molecule has 0 fully saturated rings. The van der Waals surface area contributed by atoms with Crippen molar-refractivity contribution in [1.82, 2.24) is 9.88 Å². The van der Waals surface area contributed by atoms with Crippen LogP contribution in [0.5, 0.6) is 0 Å². The van der Waals surface area contributed by atoms with Gasteiger partial charge in [-0.2, -0.15) is 11.3 Å². The molecule has 0 bridgehead atoms. The van der Waals surface area contributed by atoms with Gasteiger partial charge in [-0.15, -0.1) is 11.3 Å². The molecule has 4 nitrogen and oxygen atoms in total. The Morgan fingerprint density at radius 1 is 1.56 bits per heavy atom. The molecule has 2 rings (SSSR count). The number of hydrogen-bond acceptors (Lipinski definition) is 5. The summed E-state index contributed by atoms with van der Waals surface area (Å²) >= 11 is 3.16. The predicted molar refractivity (Wildman–Crippen MR) is 74.6 cm³/mol. The number of likely N-dealkylation sites (N-methyl/N-ethyl adjacent to an activating group) is 1. The fourth-order valence-electron chi connectivity index (χ4n) is 1.64. The lowest BCUT2D eigenvalue weighted by atomic mass is 10.1. The maximum atomic E-state index is 12.1. The third kappa shape index (κ3) is 3.38. The van der Waals surface area contributed by atoms with Crippen LogP contribution in [0.15, 0.2) is 28.4 Å². The minimum Gasteiger partial charge on any atom is -0.338 e. The smallest absolute Gasteiger partial charge is 0.239 e. The average Bonchev–Trinajstić information content (AvgIpc) is 3.01. The standard InChI is InChI=1S/C12H15N3OS2/c1-15(7-11-14-3-5-18-11)12(16)10(13)6-9-2-4-17-8-9/h2-5,8,10H,6-7,13H2,1H3. The molecule has 1 unspecified atom stereocenters. The fourth-order valence-corrected chi connectivity index (χ4v) is 3.00. The molecule has 1 amide bonds. The van der Waals surface area contributed by atoms with Crippen LogP contribution >= 0.6 is 22.7 Å². The van der Waals surface area contributed by atoms with Gasteiger partial charge in [-0.05, 0) is 28.8 Å². The molecule has 1 atom stereocenters. The number of nitrogens with zero attached hydrogens (tertiary/aromatic N) is 2. The quantitative estimate of drug-likeness (QED) is 0.908. The van der Waals surface area contributed by atoms with Gasteiger partial charge in [0.05, 0.1) is 12.6 Å². The zero-order valence-electron chi connectivity index (χ0n) is 10.1. The van der Waals surface area contributed by atoms with Gasteiger partial charge >= 0.3 is 0 Å². The molecule has 18 heavy (non-hydrogen) atoms. The fraction of sp³-hybridized carbons (Fsp3) is 0.333. The highest BCUT2D eigenvalue weighted by atomic mass is 32.1. The van der Waals surface area contributed by atoms with Crippen LogP contribution in [0.25, 0.3) is 0 Å². The van der Waals surface area contributed by atoms with Crippen molar-refractivity contribution in [2.45, 2.75) is 19.0 Å². The summed E-state index contributed by atoms with van der Waals surface area (Å²) in [6.45, 7) is 0.522. The minimum absolute atomic E-state index is 0.0450. The molecule has 0 aliphatic carbocycles. The van der Waals surface area contributed by atoms with Crippen LogP contribution in [-0.2, 0) is 17.8 Å². The zero-order chi connectivity index (χ0) is 13.0. The van der Waals surface area contributed by atoms with E-state index in [-0.39, 0.29) is 5.91 Å². The molecule has 0 radical (unpaired) electrons. The number of thiophene rings is 1. The summed E-state index contributed by atoms with van der Waals surface area (Å²) in [6, 6.07) is 1.52. The molecular formula is C12H15N3OS2. The topological polar surface area (TPSA) is 59.2 Å². The van der Waals surface area contributed by atoms with Gasteiger partial charge in [0.15, 0.2) is 0 Å². The number of amides is 1. The Balaban J connectivity index is 1.89. The largest absolute Gasteiger partial charge is 0.338 e. The Morgan fingerprint density at radius 2 is 2.39 bits per heavy atom. The summed E-state index contributed by atoms with van der Waals surface area (Å²) in [4.78, 5) is 17.9. The van der Waals surface area contributed by atoms with Crippen LogP contribution in [0, 0.1) is 0 Å². The third-order valence-corrected chi connectivity index (χ3v) is 4.08. The van der Waals surface area contributed by atoms with Crippen molar-refractivity contribution in [3.63, 3.8) is 0 Å². The second-order valence-corrected chi connectivity index (χ2v) is 5.82. The van der Waals surface area contributed by atoms with E-state index >= 15 is 0 Å². The molecule has 0 aliphatic heterocycles. The van der Waals surface area contributed by atoms with Crippen molar-refractivity contribution in [3.8, 4) is 0 Å². The highest BCUT2D eigenvalue weighted by Gasteiger charge is 2.19. The maximum absolute atomic E-state index is 12.1. The highest BCUT2D eigenvalue weighted by molar-refractivity contribution is 7.09. The van der Waals surface area contributed by atoms with Gasteiger partial charge in [0.2, 0.25) is 5.91 Å². The van der Waals surface area contributed by atoms with Crippen molar-refractivity contribution >= 4 is 28.6 Å². The van der Waals surface area contributed by atoms with Crippen LogP contribution in [0.3, 0.4) is 0 Å². The molecule has 2 heterocycles. The van der Waals surface area contributed by atoms with Crippen LogP contribution in [-0.4, -0.2) is 28.9 Å². The van der Waals surface area contributed by atoms with Gasteiger partial charge in [0.25, 0.3) is 0 Å². The van der Waals surface area contributed by atoms with Crippen molar-refractivity contribution < 1.29 is 4.79 Å². The molecule has 0 aliphatic rings.